The third-order valence-electron chi connectivity index (χ3n) is 5.32. The van der Waals surface area contributed by atoms with Crippen LogP contribution in [0.1, 0.15) is 30.4 Å². The highest BCUT2D eigenvalue weighted by Gasteiger charge is 2.24. The van der Waals surface area contributed by atoms with Crippen LogP contribution in [0, 0.1) is 17.2 Å². The summed E-state index contributed by atoms with van der Waals surface area (Å²) >= 11 is 6.42. The van der Waals surface area contributed by atoms with E-state index in [4.69, 9.17) is 25.8 Å². The standard InChI is InChI=1S/C25H23ClN2O4/c1-30-8-9-31-25-14-23-21(12-18(25)15-27)24(6-7-28-23)32-20-5-4-17(22(26)13-20)11-19(29)10-16-2-3-16/h4-7,12-14,16H,2-3,8-11H2,1H3. The van der Waals surface area contributed by atoms with E-state index < -0.39 is 0 Å². The molecule has 164 valence electrons. The highest BCUT2D eigenvalue weighted by atomic mass is 35.5. The highest BCUT2D eigenvalue weighted by molar-refractivity contribution is 6.31. The quantitative estimate of drug-likeness (QED) is 0.380. The van der Waals surface area contributed by atoms with Crippen LogP contribution in [-0.2, 0) is 16.0 Å². The number of ketones is 1. The van der Waals surface area contributed by atoms with Crippen molar-refractivity contribution in [1.29, 1.82) is 5.26 Å². The Labute approximate surface area is 191 Å². The lowest BCUT2D eigenvalue weighted by Gasteiger charge is -2.13. The first-order valence-corrected chi connectivity index (χ1v) is 10.9. The van der Waals surface area contributed by atoms with Gasteiger partial charge in [0.15, 0.2) is 0 Å². The van der Waals surface area contributed by atoms with Crippen LogP contribution in [0.4, 0.5) is 0 Å². The predicted octanol–water partition coefficient (Wildman–Crippen LogP) is 5.49. The largest absolute Gasteiger partial charge is 0.490 e. The van der Waals surface area contributed by atoms with Gasteiger partial charge in [-0.25, -0.2) is 0 Å². The van der Waals surface area contributed by atoms with Crippen LogP contribution in [0.2, 0.25) is 5.02 Å². The number of nitriles is 1. The second-order valence-electron chi connectivity index (χ2n) is 7.85. The predicted molar refractivity (Wildman–Crippen MR) is 121 cm³/mol. The van der Waals surface area contributed by atoms with Gasteiger partial charge in [0.1, 0.15) is 35.7 Å². The molecule has 0 aliphatic heterocycles. The molecule has 32 heavy (non-hydrogen) atoms. The molecule has 1 fully saturated rings. The first-order chi connectivity index (χ1) is 15.6. The van der Waals surface area contributed by atoms with Gasteiger partial charge in [0.05, 0.1) is 17.7 Å². The fourth-order valence-electron chi connectivity index (χ4n) is 3.47. The van der Waals surface area contributed by atoms with E-state index in [1.165, 1.54) is 0 Å². The van der Waals surface area contributed by atoms with Gasteiger partial charge in [-0.1, -0.05) is 17.7 Å². The van der Waals surface area contributed by atoms with Crippen LogP contribution in [0.5, 0.6) is 17.2 Å². The van der Waals surface area contributed by atoms with Gasteiger partial charge in [-0.2, -0.15) is 5.26 Å². The summed E-state index contributed by atoms with van der Waals surface area (Å²) in [4.78, 5) is 16.5. The van der Waals surface area contributed by atoms with Crippen LogP contribution < -0.4 is 9.47 Å². The van der Waals surface area contributed by atoms with Crippen LogP contribution in [0.15, 0.2) is 42.6 Å². The Kier molecular flexibility index (Phi) is 6.89. The molecule has 0 radical (unpaired) electrons. The summed E-state index contributed by atoms with van der Waals surface area (Å²) < 4.78 is 16.7. The normalized spacial score (nSPS) is 13.0. The van der Waals surface area contributed by atoms with Crippen molar-refractivity contribution in [3.63, 3.8) is 0 Å². The fourth-order valence-corrected chi connectivity index (χ4v) is 3.71. The molecule has 0 amide bonds. The van der Waals surface area contributed by atoms with Crippen LogP contribution in [-0.4, -0.2) is 31.1 Å². The minimum Gasteiger partial charge on any atom is -0.490 e. The molecule has 1 aliphatic carbocycles. The first-order valence-electron chi connectivity index (χ1n) is 10.5. The molecule has 1 heterocycles. The second kappa shape index (κ2) is 9.99. The van der Waals surface area contributed by atoms with Gasteiger partial charge in [0.2, 0.25) is 0 Å². The number of carbonyl (C=O) groups excluding carboxylic acids is 1. The van der Waals surface area contributed by atoms with E-state index in [1.807, 2.05) is 6.07 Å². The van der Waals surface area contributed by atoms with E-state index in [0.717, 1.165) is 18.4 Å². The molecular formula is C25H23ClN2O4. The molecule has 0 bridgehead atoms. The van der Waals surface area contributed by atoms with Crippen LogP contribution >= 0.6 is 11.6 Å². The van der Waals surface area contributed by atoms with E-state index in [0.29, 0.717) is 70.7 Å². The molecule has 6 nitrogen and oxygen atoms in total. The molecule has 0 N–H and O–H groups in total. The Balaban J connectivity index is 1.55. The highest BCUT2D eigenvalue weighted by Crippen LogP contribution is 2.35. The summed E-state index contributed by atoms with van der Waals surface area (Å²) in [6, 6.07) is 12.6. The number of methoxy groups -OCH3 is 1. The second-order valence-corrected chi connectivity index (χ2v) is 8.25. The lowest BCUT2D eigenvalue weighted by molar-refractivity contribution is -0.118. The summed E-state index contributed by atoms with van der Waals surface area (Å²) in [5.74, 6) is 2.32. The van der Waals surface area contributed by atoms with Gasteiger partial charge in [-0.15, -0.1) is 0 Å². The average Bonchev–Trinajstić information content (AvgIpc) is 3.59. The van der Waals surface area contributed by atoms with E-state index >= 15 is 0 Å². The minimum atomic E-state index is 0.218. The third kappa shape index (κ3) is 5.37. The summed E-state index contributed by atoms with van der Waals surface area (Å²) in [6.45, 7) is 0.753. The lowest BCUT2D eigenvalue weighted by atomic mass is 10.0. The number of ether oxygens (including phenoxy) is 3. The molecule has 7 heteroatoms. The summed E-state index contributed by atoms with van der Waals surface area (Å²) in [5.41, 5.74) is 1.82. The number of aromatic nitrogens is 1. The molecule has 1 saturated carbocycles. The number of hydrogen-bond donors (Lipinski definition) is 0. The summed E-state index contributed by atoms with van der Waals surface area (Å²) in [6.07, 6.45) is 4.91. The Morgan fingerprint density at radius 3 is 2.75 bits per heavy atom. The number of benzene rings is 2. The van der Waals surface area contributed by atoms with Crippen LogP contribution in [0.3, 0.4) is 0 Å². The molecule has 0 atom stereocenters. The van der Waals surface area contributed by atoms with Gasteiger partial charge in [0, 0.05) is 42.6 Å². The van der Waals surface area contributed by atoms with Crippen molar-refractivity contribution < 1.29 is 19.0 Å². The molecular weight excluding hydrogens is 428 g/mol. The van der Waals surface area contributed by atoms with Crippen LogP contribution in [0.25, 0.3) is 10.9 Å². The van der Waals surface area contributed by atoms with Crippen molar-refractivity contribution in [3.05, 3.63) is 58.7 Å². The zero-order valence-corrected chi connectivity index (χ0v) is 18.5. The maximum absolute atomic E-state index is 12.2. The lowest BCUT2D eigenvalue weighted by Crippen LogP contribution is -2.05. The molecule has 0 spiro atoms. The van der Waals surface area contributed by atoms with Gasteiger partial charge in [0.25, 0.3) is 0 Å². The smallest absolute Gasteiger partial charge is 0.139 e. The van der Waals surface area contributed by atoms with Gasteiger partial charge in [-0.05, 0) is 48.6 Å². The van der Waals surface area contributed by atoms with E-state index in [2.05, 4.69) is 11.1 Å². The topological polar surface area (TPSA) is 81.4 Å². The van der Waals surface area contributed by atoms with Crippen molar-refractivity contribution in [3.8, 4) is 23.3 Å². The molecule has 3 aromatic rings. The summed E-state index contributed by atoms with van der Waals surface area (Å²) in [5, 5.41) is 10.7. The average molecular weight is 451 g/mol. The number of Topliss-reactive ketones (excluding diaryl/α,β-unsaturated/α-hetero) is 1. The number of hydrogen-bond acceptors (Lipinski definition) is 6. The Hall–Kier alpha value is -3.14. The fraction of sp³-hybridized carbons (Fsp3) is 0.320. The summed E-state index contributed by atoms with van der Waals surface area (Å²) in [7, 11) is 1.59. The molecule has 1 aromatic heterocycles. The molecule has 0 unspecified atom stereocenters. The van der Waals surface area contributed by atoms with E-state index in [-0.39, 0.29) is 5.78 Å². The maximum atomic E-state index is 12.2. The third-order valence-corrected chi connectivity index (χ3v) is 5.67. The van der Waals surface area contributed by atoms with Gasteiger partial charge < -0.3 is 14.2 Å². The SMILES string of the molecule is COCCOc1cc2nccc(Oc3ccc(CC(=O)CC4CC4)c(Cl)c3)c2cc1C#N. The monoisotopic (exact) mass is 450 g/mol. The zero-order valence-electron chi connectivity index (χ0n) is 17.8. The van der Waals surface area contributed by atoms with E-state index in [1.54, 1.807) is 43.6 Å². The number of rotatable bonds is 10. The van der Waals surface area contributed by atoms with Crippen molar-refractivity contribution in [2.24, 2.45) is 5.92 Å². The zero-order chi connectivity index (χ0) is 22.5. The van der Waals surface area contributed by atoms with Crippen molar-refractivity contribution in [1.82, 2.24) is 4.98 Å². The Morgan fingerprint density at radius 1 is 1.19 bits per heavy atom. The molecule has 1 aliphatic rings. The number of nitrogens with zero attached hydrogens (tertiary/aromatic N) is 2. The van der Waals surface area contributed by atoms with E-state index in [9.17, 15) is 10.1 Å². The number of fused-ring (bicyclic) bond motifs is 1. The number of pyridine rings is 1. The molecule has 0 saturated heterocycles. The number of carbonyl (C=O) groups is 1. The number of halogens is 1. The molecule has 2 aromatic carbocycles. The van der Waals surface area contributed by atoms with Crippen molar-refractivity contribution in [2.45, 2.75) is 25.7 Å². The van der Waals surface area contributed by atoms with Gasteiger partial charge in [-0.3, -0.25) is 9.78 Å². The molecule has 4 rings (SSSR count). The maximum Gasteiger partial charge on any atom is 0.139 e. The van der Waals surface area contributed by atoms with Gasteiger partial charge >= 0.3 is 0 Å². The Bertz CT molecular complexity index is 1180. The van der Waals surface area contributed by atoms with Crippen molar-refractivity contribution in [2.75, 3.05) is 20.3 Å². The first kappa shape index (κ1) is 22.1. The Morgan fingerprint density at radius 2 is 2.03 bits per heavy atom. The minimum absolute atomic E-state index is 0.218. The van der Waals surface area contributed by atoms with Crippen molar-refractivity contribution >= 4 is 28.3 Å².